The first kappa shape index (κ1) is 19.7. The molecule has 0 atom stereocenters. The summed E-state index contributed by atoms with van der Waals surface area (Å²) in [6.07, 6.45) is 0. The van der Waals surface area contributed by atoms with Crippen LogP contribution in [0.5, 0.6) is 0 Å². The van der Waals surface area contributed by atoms with Gasteiger partial charge in [-0.1, -0.05) is 18.2 Å². The molecule has 2 aromatic heterocycles. The summed E-state index contributed by atoms with van der Waals surface area (Å²) >= 11 is 0. The molecule has 0 spiro atoms. The number of nitrogens with one attached hydrogen (secondary N) is 1. The van der Waals surface area contributed by atoms with Crippen LogP contribution >= 0.6 is 0 Å². The minimum Gasteiger partial charge on any atom is -0.421 e. The van der Waals surface area contributed by atoms with E-state index in [0.717, 1.165) is 5.69 Å². The first-order valence-electron chi connectivity index (χ1n) is 9.59. The van der Waals surface area contributed by atoms with Crippen LogP contribution in [0.1, 0.15) is 22.8 Å². The van der Waals surface area contributed by atoms with E-state index in [0.29, 0.717) is 49.0 Å². The van der Waals surface area contributed by atoms with Gasteiger partial charge in [0, 0.05) is 50.2 Å². The molecule has 29 heavy (non-hydrogen) atoms. The van der Waals surface area contributed by atoms with E-state index in [9.17, 15) is 8.42 Å². The average Bonchev–Trinajstić information content (AvgIpc) is 3.24. The molecule has 1 aliphatic heterocycles. The van der Waals surface area contributed by atoms with Gasteiger partial charge in [0.25, 0.3) is 5.89 Å². The number of aromatic amines is 1. The predicted octanol–water partition coefficient (Wildman–Crippen LogP) is 2.81. The Hall–Kier alpha value is -2.65. The van der Waals surface area contributed by atoms with Crippen LogP contribution in [0.4, 0.5) is 5.69 Å². The molecule has 0 unspecified atom stereocenters. The lowest BCUT2D eigenvalue weighted by atomic mass is 10.1. The molecular weight excluding hydrogens is 390 g/mol. The van der Waals surface area contributed by atoms with Gasteiger partial charge in [0.15, 0.2) is 0 Å². The maximum atomic E-state index is 13.5. The molecule has 0 amide bonds. The number of hydrogen-bond acceptors (Lipinski definition) is 6. The van der Waals surface area contributed by atoms with Crippen molar-refractivity contribution >= 4 is 15.7 Å². The first-order chi connectivity index (χ1) is 13.8. The lowest BCUT2D eigenvalue weighted by Crippen LogP contribution is -2.49. The molecule has 1 saturated heterocycles. The standard InChI is InChI=1S/C20H25N5O3S/c1-13-7-5-6-8-17(13)24-9-11-25(12-10-24)29(26,27)19-15(3)21-14(2)18(19)20-23-22-16(4)28-20/h5-8,21H,9-12H2,1-4H3. The van der Waals surface area contributed by atoms with Crippen molar-refractivity contribution in [1.82, 2.24) is 19.5 Å². The van der Waals surface area contributed by atoms with Crippen LogP contribution in [0, 0.1) is 27.7 Å². The largest absolute Gasteiger partial charge is 0.421 e. The van der Waals surface area contributed by atoms with Crippen molar-refractivity contribution in [3.8, 4) is 11.5 Å². The first-order valence-corrected chi connectivity index (χ1v) is 11.0. The maximum Gasteiger partial charge on any atom is 0.250 e. The van der Waals surface area contributed by atoms with Gasteiger partial charge in [0.2, 0.25) is 15.9 Å². The number of sulfonamides is 1. The predicted molar refractivity (Wildman–Crippen MR) is 110 cm³/mol. The molecule has 0 saturated carbocycles. The maximum absolute atomic E-state index is 13.5. The van der Waals surface area contributed by atoms with Crippen molar-refractivity contribution < 1.29 is 12.8 Å². The normalized spacial score (nSPS) is 15.8. The summed E-state index contributed by atoms with van der Waals surface area (Å²) in [7, 11) is -3.71. The second-order valence-corrected chi connectivity index (χ2v) is 9.26. The second-order valence-electron chi connectivity index (χ2n) is 7.38. The number of rotatable bonds is 4. The molecule has 154 valence electrons. The van der Waals surface area contributed by atoms with Crippen LogP contribution in [0.15, 0.2) is 33.6 Å². The highest BCUT2D eigenvalue weighted by molar-refractivity contribution is 7.89. The molecule has 1 aliphatic rings. The third-order valence-corrected chi connectivity index (χ3v) is 7.42. The Labute approximate surface area is 170 Å². The molecule has 9 heteroatoms. The number of nitrogens with zero attached hydrogens (tertiary/aromatic N) is 4. The fraction of sp³-hybridized carbons (Fsp3) is 0.400. The fourth-order valence-electron chi connectivity index (χ4n) is 3.95. The van der Waals surface area contributed by atoms with Gasteiger partial charge in [0.05, 0.1) is 5.56 Å². The number of hydrogen-bond donors (Lipinski definition) is 1. The molecule has 0 aliphatic carbocycles. The van der Waals surface area contributed by atoms with Crippen LogP contribution in [-0.2, 0) is 10.0 Å². The number of aryl methyl sites for hydroxylation is 4. The number of para-hydroxylation sites is 1. The number of H-pyrrole nitrogens is 1. The molecule has 8 nitrogen and oxygen atoms in total. The summed E-state index contributed by atoms with van der Waals surface area (Å²) in [5, 5.41) is 7.90. The number of benzene rings is 1. The summed E-state index contributed by atoms with van der Waals surface area (Å²) in [5.74, 6) is 0.620. The van der Waals surface area contributed by atoms with E-state index in [1.165, 1.54) is 5.56 Å². The van der Waals surface area contributed by atoms with Gasteiger partial charge in [-0.25, -0.2) is 8.42 Å². The third-order valence-electron chi connectivity index (χ3n) is 5.35. The van der Waals surface area contributed by atoms with Gasteiger partial charge in [-0.3, -0.25) is 0 Å². The molecular formula is C20H25N5O3S. The highest BCUT2D eigenvalue weighted by atomic mass is 32.2. The van der Waals surface area contributed by atoms with Crippen molar-refractivity contribution in [3.05, 3.63) is 47.1 Å². The van der Waals surface area contributed by atoms with E-state index < -0.39 is 10.0 Å². The molecule has 1 fully saturated rings. The minimum atomic E-state index is -3.71. The van der Waals surface area contributed by atoms with Crippen molar-refractivity contribution in [3.63, 3.8) is 0 Å². The Morgan fingerprint density at radius 2 is 1.66 bits per heavy atom. The molecule has 1 aromatic carbocycles. The van der Waals surface area contributed by atoms with Gasteiger partial charge in [-0.2, -0.15) is 4.31 Å². The Morgan fingerprint density at radius 3 is 2.28 bits per heavy atom. The van der Waals surface area contributed by atoms with Crippen LogP contribution in [-0.4, -0.2) is 54.1 Å². The third kappa shape index (κ3) is 3.44. The fourth-order valence-corrected chi connectivity index (χ4v) is 5.79. The Bertz CT molecular complexity index is 1140. The van der Waals surface area contributed by atoms with Gasteiger partial charge in [-0.15, -0.1) is 10.2 Å². The minimum absolute atomic E-state index is 0.224. The number of piperazine rings is 1. The SMILES string of the molecule is Cc1nnc(-c2c(C)[nH]c(C)c2S(=O)(=O)N2CCN(c3ccccc3C)CC2)o1. The molecule has 4 rings (SSSR count). The van der Waals surface area contributed by atoms with Crippen LogP contribution in [0.3, 0.4) is 0 Å². The molecule has 1 N–H and O–H groups in total. The zero-order valence-electron chi connectivity index (χ0n) is 17.1. The van der Waals surface area contributed by atoms with Crippen molar-refractivity contribution in [2.45, 2.75) is 32.6 Å². The van der Waals surface area contributed by atoms with Crippen LogP contribution in [0.25, 0.3) is 11.5 Å². The molecule has 0 bridgehead atoms. The van der Waals surface area contributed by atoms with Gasteiger partial charge >= 0.3 is 0 Å². The lowest BCUT2D eigenvalue weighted by Gasteiger charge is -2.36. The number of anilines is 1. The van der Waals surface area contributed by atoms with Crippen molar-refractivity contribution in [2.24, 2.45) is 0 Å². The zero-order chi connectivity index (χ0) is 20.8. The van der Waals surface area contributed by atoms with E-state index in [1.807, 2.05) is 19.1 Å². The molecule has 3 aromatic rings. The van der Waals surface area contributed by atoms with E-state index in [-0.39, 0.29) is 10.8 Å². The highest BCUT2D eigenvalue weighted by Crippen LogP contribution is 2.35. The van der Waals surface area contributed by atoms with E-state index in [4.69, 9.17) is 4.42 Å². The van der Waals surface area contributed by atoms with E-state index in [1.54, 1.807) is 18.2 Å². The van der Waals surface area contributed by atoms with Crippen LogP contribution < -0.4 is 4.90 Å². The van der Waals surface area contributed by atoms with Crippen molar-refractivity contribution in [2.75, 3.05) is 31.1 Å². The Morgan fingerprint density at radius 1 is 0.966 bits per heavy atom. The molecule has 3 heterocycles. The second kappa shape index (κ2) is 7.31. The van der Waals surface area contributed by atoms with Gasteiger partial charge < -0.3 is 14.3 Å². The number of aromatic nitrogens is 3. The topological polar surface area (TPSA) is 95.3 Å². The Balaban J connectivity index is 1.63. The molecule has 0 radical (unpaired) electrons. The summed E-state index contributed by atoms with van der Waals surface area (Å²) < 4.78 is 34.1. The smallest absolute Gasteiger partial charge is 0.250 e. The van der Waals surface area contributed by atoms with Crippen molar-refractivity contribution in [1.29, 1.82) is 0 Å². The van der Waals surface area contributed by atoms with E-state index in [2.05, 4.69) is 39.1 Å². The van der Waals surface area contributed by atoms with E-state index >= 15 is 0 Å². The summed E-state index contributed by atoms with van der Waals surface area (Å²) in [6, 6.07) is 8.17. The lowest BCUT2D eigenvalue weighted by molar-refractivity contribution is 0.384. The zero-order valence-corrected chi connectivity index (χ0v) is 17.9. The summed E-state index contributed by atoms with van der Waals surface area (Å²) in [4.78, 5) is 5.59. The van der Waals surface area contributed by atoms with Crippen LogP contribution in [0.2, 0.25) is 0 Å². The highest BCUT2D eigenvalue weighted by Gasteiger charge is 2.35. The average molecular weight is 416 g/mol. The van der Waals surface area contributed by atoms with Gasteiger partial charge in [-0.05, 0) is 32.4 Å². The van der Waals surface area contributed by atoms with Gasteiger partial charge in [0.1, 0.15) is 4.90 Å². The summed E-state index contributed by atoms with van der Waals surface area (Å²) in [5.41, 5.74) is 4.08. The quantitative estimate of drug-likeness (QED) is 0.704. The summed E-state index contributed by atoms with van der Waals surface area (Å²) in [6.45, 7) is 9.45. The monoisotopic (exact) mass is 415 g/mol. The Kier molecular flexibility index (Phi) is 4.95.